The largest absolute Gasteiger partial charge is 0.335 e. The molecule has 1 saturated heterocycles. The zero-order valence-electron chi connectivity index (χ0n) is 11.6. The molecule has 2 aromatic rings. The Balaban J connectivity index is 1.88. The quantitative estimate of drug-likeness (QED) is 0.758. The summed E-state index contributed by atoms with van der Waals surface area (Å²) in [5, 5.41) is 0. The number of fused-ring (bicyclic) bond motifs is 3. The molecule has 0 spiro atoms. The first-order chi connectivity index (χ1) is 10.3. The van der Waals surface area contributed by atoms with Gasteiger partial charge in [0.05, 0.1) is 12.0 Å². The number of hydrogen-bond donors (Lipinski definition) is 0. The van der Waals surface area contributed by atoms with E-state index >= 15 is 0 Å². The second-order valence-corrected chi connectivity index (χ2v) is 6.72. The van der Waals surface area contributed by atoms with E-state index in [2.05, 4.69) is 51.2 Å². The van der Waals surface area contributed by atoms with Crippen LogP contribution in [0.1, 0.15) is 41.5 Å². The number of carbonyl (C=O) groups excluding carboxylic acids is 1. The molecule has 2 nitrogen and oxygen atoms in total. The number of halogens is 1. The monoisotopic (exact) mass is 341 g/mol. The summed E-state index contributed by atoms with van der Waals surface area (Å²) in [6, 6.07) is 16.9. The van der Waals surface area contributed by atoms with Crippen LogP contribution in [-0.4, -0.2) is 17.4 Å². The zero-order valence-corrected chi connectivity index (χ0v) is 13.2. The first-order valence-corrected chi connectivity index (χ1v) is 8.20. The van der Waals surface area contributed by atoms with E-state index in [-0.39, 0.29) is 11.8 Å². The van der Waals surface area contributed by atoms with Crippen molar-refractivity contribution in [3.63, 3.8) is 0 Å². The third-order valence-electron chi connectivity index (χ3n) is 4.65. The Morgan fingerprint density at radius 3 is 2.48 bits per heavy atom. The van der Waals surface area contributed by atoms with Crippen LogP contribution in [0.15, 0.2) is 53.0 Å². The van der Waals surface area contributed by atoms with Crippen LogP contribution in [0, 0.1) is 0 Å². The Labute approximate surface area is 132 Å². The molecule has 2 aliphatic rings. The van der Waals surface area contributed by atoms with Crippen LogP contribution in [0.5, 0.6) is 0 Å². The van der Waals surface area contributed by atoms with Gasteiger partial charge < -0.3 is 4.90 Å². The summed E-state index contributed by atoms with van der Waals surface area (Å²) < 4.78 is 1.04. The standard InChI is InChI=1S/C18H16BrNO/c19-13-9-7-12(8-10-13)17-15-5-2-1-4-14(15)16-6-3-11-20(16)18(17)21/h1-2,4-5,7-10,16-17H,3,6,11H2. The second kappa shape index (κ2) is 4.99. The van der Waals surface area contributed by atoms with Gasteiger partial charge in [0.2, 0.25) is 5.91 Å². The molecule has 2 heterocycles. The van der Waals surface area contributed by atoms with Crippen molar-refractivity contribution >= 4 is 21.8 Å². The van der Waals surface area contributed by atoms with E-state index in [9.17, 15) is 4.79 Å². The molecule has 21 heavy (non-hydrogen) atoms. The van der Waals surface area contributed by atoms with Crippen molar-refractivity contribution in [2.24, 2.45) is 0 Å². The summed E-state index contributed by atoms with van der Waals surface area (Å²) in [6.07, 6.45) is 2.20. The molecule has 3 heteroatoms. The van der Waals surface area contributed by atoms with Gasteiger partial charge in [-0.3, -0.25) is 4.79 Å². The van der Waals surface area contributed by atoms with Crippen LogP contribution in [0.4, 0.5) is 0 Å². The summed E-state index contributed by atoms with van der Waals surface area (Å²) in [7, 11) is 0. The maximum atomic E-state index is 13.0. The Morgan fingerprint density at radius 2 is 1.71 bits per heavy atom. The first kappa shape index (κ1) is 13.1. The van der Waals surface area contributed by atoms with E-state index in [1.165, 1.54) is 11.1 Å². The summed E-state index contributed by atoms with van der Waals surface area (Å²) in [5.41, 5.74) is 3.61. The molecule has 106 valence electrons. The molecule has 1 amide bonds. The van der Waals surface area contributed by atoms with Crippen molar-refractivity contribution in [1.82, 2.24) is 4.90 Å². The Kier molecular flexibility index (Phi) is 3.11. The van der Waals surface area contributed by atoms with Crippen LogP contribution in [0.3, 0.4) is 0 Å². The molecule has 2 aromatic carbocycles. The van der Waals surface area contributed by atoms with Crippen LogP contribution in [0.2, 0.25) is 0 Å². The maximum Gasteiger partial charge on any atom is 0.235 e. The third-order valence-corrected chi connectivity index (χ3v) is 5.18. The molecule has 2 unspecified atom stereocenters. The molecule has 0 aromatic heterocycles. The highest BCUT2D eigenvalue weighted by molar-refractivity contribution is 9.10. The molecule has 2 atom stereocenters. The van der Waals surface area contributed by atoms with Crippen molar-refractivity contribution in [1.29, 1.82) is 0 Å². The van der Waals surface area contributed by atoms with Crippen molar-refractivity contribution in [2.45, 2.75) is 24.8 Å². The van der Waals surface area contributed by atoms with E-state index in [0.717, 1.165) is 29.4 Å². The Morgan fingerprint density at radius 1 is 1.00 bits per heavy atom. The van der Waals surface area contributed by atoms with Crippen molar-refractivity contribution in [3.8, 4) is 0 Å². The normalized spacial score (nSPS) is 23.9. The number of nitrogens with zero attached hydrogens (tertiary/aromatic N) is 1. The second-order valence-electron chi connectivity index (χ2n) is 5.80. The molecule has 0 aliphatic carbocycles. The lowest BCUT2D eigenvalue weighted by molar-refractivity contribution is -0.133. The Bertz CT molecular complexity index is 695. The van der Waals surface area contributed by atoms with E-state index in [1.54, 1.807) is 0 Å². The maximum absolute atomic E-state index is 13.0. The van der Waals surface area contributed by atoms with E-state index < -0.39 is 0 Å². The van der Waals surface area contributed by atoms with E-state index in [1.807, 2.05) is 18.2 Å². The summed E-state index contributed by atoms with van der Waals surface area (Å²) in [5.74, 6) is 0.113. The lowest BCUT2D eigenvalue weighted by Gasteiger charge is -2.37. The predicted molar refractivity (Wildman–Crippen MR) is 86.1 cm³/mol. The fourth-order valence-corrected chi connectivity index (χ4v) is 3.97. The SMILES string of the molecule is O=C1C(c2ccc(Br)cc2)c2ccccc2C2CCCN12. The number of hydrogen-bond acceptors (Lipinski definition) is 1. The summed E-state index contributed by atoms with van der Waals surface area (Å²) in [4.78, 5) is 15.0. The van der Waals surface area contributed by atoms with Gasteiger partial charge in [-0.25, -0.2) is 0 Å². The van der Waals surface area contributed by atoms with Crippen LogP contribution >= 0.6 is 15.9 Å². The number of carbonyl (C=O) groups is 1. The molecular formula is C18H16BrNO. The molecule has 0 saturated carbocycles. The molecule has 1 fully saturated rings. The molecule has 0 bridgehead atoms. The highest BCUT2D eigenvalue weighted by atomic mass is 79.9. The van der Waals surface area contributed by atoms with E-state index in [4.69, 9.17) is 0 Å². The highest BCUT2D eigenvalue weighted by Gasteiger charge is 2.41. The van der Waals surface area contributed by atoms with Gasteiger partial charge in [0.25, 0.3) is 0 Å². The van der Waals surface area contributed by atoms with Gasteiger partial charge in [-0.2, -0.15) is 0 Å². The average molecular weight is 342 g/mol. The fourth-order valence-electron chi connectivity index (χ4n) is 3.71. The summed E-state index contributed by atoms with van der Waals surface area (Å²) >= 11 is 3.47. The molecule has 0 N–H and O–H groups in total. The first-order valence-electron chi connectivity index (χ1n) is 7.40. The lowest BCUT2D eigenvalue weighted by Crippen LogP contribution is -2.40. The van der Waals surface area contributed by atoms with Crippen LogP contribution in [0.25, 0.3) is 0 Å². The number of rotatable bonds is 1. The minimum atomic E-state index is -0.149. The van der Waals surface area contributed by atoms with Gasteiger partial charge in [-0.05, 0) is 41.7 Å². The minimum Gasteiger partial charge on any atom is -0.335 e. The van der Waals surface area contributed by atoms with Crippen LogP contribution < -0.4 is 0 Å². The lowest BCUT2D eigenvalue weighted by atomic mass is 9.81. The predicted octanol–water partition coefficient (Wildman–Crippen LogP) is 4.26. The summed E-state index contributed by atoms with van der Waals surface area (Å²) in [6.45, 7) is 0.894. The molecule has 4 rings (SSSR count). The average Bonchev–Trinajstić information content (AvgIpc) is 2.99. The smallest absolute Gasteiger partial charge is 0.235 e. The molecule has 0 radical (unpaired) electrons. The third kappa shape index (κ3) is 2.03. The topological polar surface area (TPSA) is 20.3 Å². The fraction of sp³-hybridized carbons (Fsp3) is 0.278. The van der Waals surface area contributed by atoms with Crippen molar-refractivity contribution in [2.75, 3.05) is 6.54 Å². The Hall–Kier alpha value is -1.61. The minimum absolute atomic E-state index is 0.149. The van der Waals surface area contributed by atoms with Crippen LogP contribution in [-0.2, 0) is 4.79 Å². The van der Waals surface area contributed by atoms with Gasteiger partial charge in [-0.1, -0.05) is 52.3 Å². The number of amides is 1. The van der Waals surface area contributed by atoms with Gasteiger partial charge >= 0.3 is 0 Å². The van der Waals surface area contributed by atoms with Crippen molar-refractivity contribution in [3.05, 3.63) is 69.7 Å². The van der Waals surface area contributed by atoms with Gasteiger partial charge in [0.1, 0.15) is 0 Å². The zero-order chi connectivity index (χ0) is 14.4. The number of benzene rings is 2. The van der Waals surface area contributed by atoms with Gasteiger partial charge in [0, 0.05) is 11.0 Å². The van der Waals surface area contributed by atoms with Gasteiger partial charge in [-0.15, -0.1) is 0 Å². The van der Waals surface area contributed by atoms with Crippen molar-refractivity contribution < 1.29 is 4.79 Å². The van der Waals surface area contributed by atoms with E-state index in [0.29, 0.717) is 6.04 Å². The highest BCUT2D eigenvalue weighted by Crippen LogP contribution is 2.44. The van der Waals surface area contributed by atoms with Gasteiger partial charge in [0.15, 0.2) is 0 Å². The molecular weight excluding hydrogens is 326 g/mol. The molecule has 2 aliphatic heterocycles.